The van der Waals surface area contributed by atoms with E-state index in [1.165, 1.54) is 16.4 Å². The van der Waals surface area contributed by atoms with Crippen molar-refractivity contribution < 1.29 is 23.1 Å². The number of sulfonamides is 1. The monoisotopic (exact) mass is 382 g/mol. The van der Waals surface area contributed by atoms with Crippen molar-refractivity contribution in [1.29, 1.82) is 0 Å². The SMILES string of the molecule is CC(CNC(=O)c1cccc(S(=O)(=O)N2CCCCCC2)c1)CC(=O)O. The lowest BCUT2D eigenvalue weighted by molar-refractivity contribution is -0.137. The normalized spacial score (nSPS) is 17.3. The summed E-state index contributed by atoms with van der Waals surface area (Å²) < 4.78 is 27.2. The fraction of sp³-hybridized carbons (Fsp3) is 0.556. The third-order valence-corrected chi connectivity index (χ3v) is 6.33. The van der Waals surface area contributed by atoms with Crippen LogP contribution in [0.15, 0.2) is 29.2 Å². The van der Waals surface area contributed by atoms with Crippen molar-refractivity contribution in [3.8, 4) is 0 Å². The Labute approximate surface area is 154 Å². The molecular weight excluding hydrogens is 356 g/mol. The Bertz CT molecular complexity index is 740. The van der Waals surface area contributed by atoms with Gasteiger partial charge in [-0.2, -0.15) is 4.31 Å². The summed E-state index contributed by atoms with van der Waals surface area (Å²) in [5.41, 5.74) is 0.253. The van der Waals surface area contributed by atoms with E-state index in [-0.39, 0.29) is 29.3 Å². The van der Waals surface area contributed by atoms with Gasteiger partial charge in [0, 0.05) is 31.6 Å². The maximum atomic E-state index is 12.8. The van der Waals surface area contributed by atoms with Crippen molar-refractivity contribution in [2.24, 2.45) is 5.92 Å². The first kappa shape index (κ1) is 20.4. The molecule has 0 saturated carbocycles. The van der Waals surface area contributed by atoms with Gasteiger partial charge in [-0.25, -0.2) is 8.42 Å². The highest BCUT2D eigenvalue weighted by molar-refractivity contribution is 7.89. The van der Waals surface area contributed by atoms with Crippen molar-refractivity contribution in [3.05, 3.63) is 29.8 Å². The third kappa shape index (κ3) is 5.54. The average molecular weight is 382 g/mol. The average Bonchev–Trinajstić information content (AvgIpc) is 2.89. The number of rotatable bonds is 7. The van der Waals surface area contributed by atoms with Crippen molar-refractivity contribution in [2.75, 3.05) is 19.6 Å². The summed E-state index contributed by atoms with van der Waals surface area (Å²) in [4.78, 5) is 23.1. The minimum Gasteiger partial charge on any atom is -0.481 e. The van der Waals surface area contributed by atoms with Crippen LogP contribution in [-0.4, -0.2) is 49.3 Å². The summed E-state index contributed by atoms with van der Waals surface area (Å²) in [7, 11) is -3.61. The molecule has 0 radical (unpaired) electrons. The molecule has 0 aliphatic carbocycles. The Morgan fingerprint density at radius 2 is 1.85 bits per heavy atom. The Morgan fingerprint density at radius 3 is 2.46 bits per heavy atom. The number of carbonyl (C=O) groups is 2. The number of hydrogen-bond donors (Lipinski definition) is 2. The van der Waals surface area contributed by atoms with Crippen molar-refractivity contribution in [2.45, 2.75) is 43.9 Å². The van der Waals surface area contributed by atoms with Crippen LogP contribution < -0.4 is 5.32 Å². The highest BCUT2D eigenvalue weighted by atomic mass is 32.2. The second-order valence-electron chi connectivity index (χ2n) is 6.76. The fourth-order valence-electron chi connectivity index (χ4n) is 2.97. The lowest BCUT2D eigenvalue weighted by atomic mass is 10.1. The van der Waals surface area contributed by atoms with Crippen LogP contribution in [0.25, 0.3) is 0 Å². The number of carbonyl (C=O) groups excluding carboxylic acids is 1. The molecule has 26 heavy (non-hydrogen) atoms. The topological polar surface area (TPSA) is 104 Å². The molecule has 1 fully saturated rings. The molecule has 1 unspecified atom stereocenters. The second kappa shape index (κ2) is 9.14. The maximum absolute atomic E-state index is 12.8. The highest BCUT2D eigenvalue weighted by Gasteiger charge is 2.25. The summed E-state index contributed by atoms with van der Waals surface area (Å²) in [5.74, 6) is -1.53. The largest absolute Gasteiger partial charge is 0.481 e. The summed E-state index contributed by atoms with van der Waals surface area (Å²) in [6.07, 6.45) is 3.72. The molecule has 2 N–H and O–H groups in total. The van der Waals surface area contributed by atoms with Gasteiger partial charge >= 0.3 is 5.97 Å². The molecule has 0 aromatic heterocycles. The van der Waals surface area contributed by atoms with Gasteiger partial charge in [-0.1, -0.05) is 25.8 Å². The summed E-state index contributed by atoms with van der Waals surface area (Å²) in [6.45, 7) is 2.96. The van der Waals surface area contributed by atoms with Gasteiger partial charge in [-0.15, -0.1) is 0 Å². The van der Waals surface area contributed by atoms with Gasteiger partial charge in [0.25, 0.3) is 5.91 Å². The summed E-state index contributed by atoms with van der Waals surface area (Å²) in [6, 6.07) is 6.00. The van der Waals surface area contributed by atoms with E-state index in [1.54, 1.807) is 19.1 Å². The lowest BCUT2D eigenvalue weighted by Gasteiger charge is -2.20. The van der Waals surface area contributed by atoms with Crippen LogP contribution in [0.4, 0.5) is 0 Å². The first-order valence-corrected chi connectivity index (χ1v) is 10.3. The minimum absolute atomic E-state index is 0.0380. The molecule has 0 bridgehead atoms. The Kier molecular flexibility index (Phi) is 7.16. The van der Waals surface area contributed by atoms with E-state index in [0.717, 1.165) is 25.7 Å². The van der Waals surface area contributed by atoms with Gasteiger partial charge in [0.2, 0.25) is 10.0 Å². The predicted molar refractivity (Wildman–Crippen MR) is 97.4 cm³/mol. The van der Waals surface area contributed by atoms with Crippen LogP contribution in [0.1, 0.15) is 49.4 Å². The predicted octanol–water partition coefficient (Wildman–Crippen LogP) is 2.09. The number of nitrogens with zero attached hydrogens (tertiary/aromatic N) is 1. The van der Waals surface area contributed by atoms with Gasteiger partial charge in [-0.05, 0) is 37.0 Å². The number of hydrogen-bond acceptors (Lipinski definition) is 4. The Hall–Kier alpha value is -1.93. The molecule has 1 saturated heterocycles. The van der Waals surface area contributed by atoms with E-state index in [1.807, 2.05) is 0 Å². The van der Waals surface area contributed by atoms with Crippen LogP contribution in [0.5, 0.6) is 0 Å². The van der Waals surface area contributed by atoms with E-state index in [2.05, 4.69) is 5.32 Å². The van der Waals surface area contributed by atoms with E-state index in [0.29, 0.717) is 13.1 Å². The van der Waals surface area contributed by atoms with Crippen LogP contribution in [-0.2, 0) is 14.8 Å². The van der Waals surface area contributed by atoms with Gasteiger partial charge in [0.1, 0.15) is 0 Å². The van der Waals surface area contributed by atoms with Gasteiger partial charge in [-0.3, -0.25) is 9.59 Å². The number of amides is 1. The quantitative estimate of drug-likeness (QED) is 0.751. The van der Waals surface area contributed by atoms with E-state index in [4.69, 9.17) is 5.11 Å². The van der Waals surface area contributed by atoms with Gasteiger partial charge in [0.15, 0.2) is 0 Å². The van der Waals surface area contributed by atoms with E-state index in [9.17, 15) is 18.0 Å². The Morgan fingerprint density at radius 1 is 1.19 bits per heavy atom. The molecule has 1 aliphatic rings. The fourth-order valence-corrected chi connectivity index (χ4v) is 4.53. The summed E-state index contributed by atoms with van der Waals surface area (Å²) in [5, 5.41) is 11.4. The number of benzene rings is 1. The van der Waals surface area contributed by atoms with Crippen LogP contribution in [0.2, 0.25) is 0 Å². The van der Waals surface area contributed by atoms with Crippen molar-refractivity contribution in [3.63, 3.8) is 0 Å². The number of carboxylic acid groups (broad SMARTS) is 1. The van der Waals surface area contributed by atoms with E-state index >= 15 is 0 Å². The van der Waals surface area contributed by atoms with Crippen LogP contribution >= 0.6 is 0 Å². The zero-order valence-corrected chi connectivity index (χ0v) is 15.8. The first-order chi connectivity index (χ1) is 12.3. The highest BCUT2D eigenvalue weighted by Crippen LogP contribution is 2.21. The molecule has 1 amide bonds. The zero-order chi connectivity index (χ0) is 19.2. The molecule has 8 heteroatoms. The molecule has 0 spiro atoms. The smallest absolute Gasteiger partial charge is 0.303 e. The van der Waals surface area contributed by atoms with Crippen LogP contribution in [0, 0.1) is 5.92 Å². The molecule has 144 valence electrons. The molecule has 2 rings (SSSR count). The molecule has 1 atom stereocenters. The molecule has 1 aliphatic heterocycles. The number of carboxylic acids is 1. The molecule has 1 heterocycles. The Balaban J connectivity index is 2.08. The molecule has 7 nitrogen and oxygen atoms in total. The zero-order valence-electron chi connectivity index (χ0n) is 15.0. The molecule has 1 aromatic carbocycles. The molecular formula is C18H26N2O5S. The van der Waals surface area contributed by atoms with Crippen molar-refractivity contribution >= 4 is 21.9 Å². The summed E-state index contributed by atoms with van der Waals surface area (Å²) >= 11 is 0. The van der Waals surface area contributed by atoms with Crippen LogP contribution in [0.3, 0.4) is 0 Å². The number of aliphatic carboxylic acids is 1. The van der Waals surface area contributed by atoms with E-state index < -0.39 is 21.9 Å². The maximum Gasteiger partial charge on any atom is 0.303 e. The molecule has 1 aromatic rings. The third-order valence-electron chi connectivity index (χ3n) is 4.43. The standard InChI is InChI=1S/C18H26N2O5S/c1-14(11-17(21)22)13-19-18(23)15-7-6-8-16(12-15)26(24,25)20-9-4-2-3-5-10-20/h6-8,12,14H,2-5,9-11,13H2,1H3,(H,19,23)(H,21,22). The minimum atomic E-state index is -3.61. The van der Waals surface area contributed by atoms with Crippen molar-refractivity contribution in [1.82, 2.24) is 9.62 Å². The first-order valence-electron chi connectivity index (χ1n) is 8.91. The number of nitrogens with one attached hydrogen (secondary N) is 1. The van der Waals surface area contributed by atoms with Gasteiger partial charge in [0.05, 0.1) is 4.90 Å². The van der Waals surface area contributed by atoms with Gasteiger partial charge < -0.3 is 10.4 Å². The second-order valence-corrected chi connectivity index (χ2v) is 8.70. The lowest BCUT2D eigenvalue weighted by Crippen LogP contribution is -2.32.